The fourth-order valence-corrected chi connectivity index (χ4v) is 5.13. The third kappa shape index (κ3) is 5.16. The molecular weight excluding hydrogens is 486 g/mol. The number of alkyl halides is 1. The molecule has 7 heteroatoms. The maximum atomic E-state index is 13.2. The van der Waals surface area contributed by atoms with Crippen molar-refractivity contribution in [2.75, 3.05) is 0 Å². The van der Waals surface area contributed by atoms with E-state index in [0.717, 1.165) is 27.9 Å². The van der Waals surface area contributed by atoms with Crippen molar-refractivity contribution in [2.45, 2.75) is 45.5 Å². The zero-order valence-electron chi connectivity index (χ0n) is 21.2. The number of benzene rings is 2. The van der Waals surface area contributed by atoms with Gasteiger partial charge < -0.3 is 14.3 Å². The Bertz CT molecular complexity index is 1550. The predicted octanol–water partition coefficient (Wildman–Crippen LogP) is 6.83. The van der Waals surface area contributed by atoms with E-state index in [1.54, 1.807) is 0 Å². The number of nitrogens with one attached hydrogen (secondary N) is 1. The lowest BCUT2D eigenvalue weighted by atomic mass is 9.93. The Morgan fingerprint density at radius 3 is 2.49 bits per heavy atom. The molecule has 37 heavy (non-hydrogen) atoms. The standard InChI is InChI=1S/C30H28ClN3O3/c1-17-10-12-23(18(2)14-17)30(21-8-6-5-7-9-21)33-27(35)15-22-11-13-25-24(32-22)16-26(36-25)29(31)28-19(3)34-37-20(28)4/h5-14,16,29-30H,15H2,1-4H3,(H,33,35). The molecule has 3 heterocycles. The Labute approximate surface area is 220 Å². The molecule has 0 spiro atoms. The third-order valence-corrected chi connectivity index (χ3v) is 6.99. The normalized spacial score (nSPS) is 13.0. The molecule has 2 aromatic carbocycles. The number of carbonyl (C=O) groups is 1. The average molecular weight is 514 g/mol. The number of nitrogens with zero attached hydrogens (tertiary/aromatic N) is 2. The molecule has 0 saturated carbocycles. The third-order valence-electron chi connectivity index (χ3n) is 6.56. The van der Waals surface area contributed by atoms with Crippen LogP contribution in [0.3, 0.4) is 0 Å². The number of hydrogen-bond acceptors (Lipinski definition) is 5. The molecule has 0 aliphatic carbocycles. The number of fused-ring (bicyclic) bond motifs is 1. The topological polar surface area (TPSA) is 81.2 Å². The molecule has 1 N–H and O–H groups in total. The molecule has 0 radical (unpaired) electrons. The molecule has 1 amide bonds. The second-order valence-electron chi connectivity index (χ2n) is 9.38. The van der Waals surface area contributed by atoms with Gasteiger partial charge in [0.05, 0.1) is 23.9 Å². The predicted molar refractivity (Wildman–Crippen MR) is 144 cm³/mol. The van der Waals surface area contributed by atoms with Crippen LogP contribution in [0.2, 0.25) is 0 Å². The van der Waals surface area contributed by atoms with Crippen LogP contribution in [0, 0.1) is 27.7 Å². The maximum absolute atomic E-state index is 13.2. The van der Waals surface area contributed by atoms with Gasteiger partial charge in [0, 0.05) is 11.6 Å². The summed E-state index contributed by atoms with van der Waals surface area (Å²) in [4.78, 5) is 17.9. The summed E-state index contributed by atoms with van der Waals surface area (Å²) in [5.41, 5.74) is 7.82. The van der Waals surface area contributed by atoms with Crippen molar-refractivity contribution in [3.8, 4) is 0 Å². The van der Waals surface area contributed by atoms with Crippen molar-refractivity contribution in [3.05, 3.63) is 117 Å². The molecule has 0 aliphatic rings. The molecule has 2 atom stereocenters. The summed E-state index contributed by atoms with van der Waals surface area (Å²) in [6, 6.07) is 21.5. The van der Waals surface area contributed by atoms with Crippen LogP contribution in [0.4, 0.5) is 0 Å². The smallest absolute Gasteiger partial charge is 0.226 e. The zero-order valence-corrected chi connectivity index (χ0v) is 22.0. The fraction of sp³-hybridized carbons (Fsp3) is 0.233. The lowest BCUT2D eigenvalue weighted by Crippen LogP contribution is -2.31. The molecule has 5 aromatic rings. The maximum Gasteiger partial charge on any atom is 0.226 e. The second-order valence-corrected chi connectivity index (χ2v) is 9.82. The fourth-order valence-electron chi connectivity index (χ4n) is 4.71. The molecule has 3 aromatic heterocycles. The summed E-state index contributed by atoms with van der Waals surface area (Å²) in [6.45, 7) is 7.81. The van der Waals surface area contributed by atoms with Crippen molar-refractivity contribution in [3.63, 3.8) is 0 Å². The monoisotopic (exact) mass is 513 g/mol. The van der Waals surface area contributed by atoms with Crippen molar-refractivity contribution < 1.29 is 13.7 Å². The lowest BCUT2D eigenvalue weighted by molar-refractivity contribution is -0.121. The number of aryl methyl sites for hydroxylation is 4. The number of furan rings is 1. The van der Waals surface area contributed by atoms with E-state index in [1.807, 2.05) is 62.4 Å². The van der Waals surface area contributed by atoms with E-state index in [0.29, 0.717) is 28.3 Å². The SMILES string of the molecule is Cc1ccc(C(NC(=O)Cc2ccc3oc(C(Cl)c4c(C)noc4C)cc3n2)c2ccccc2)c(C)c1. The van der Waals surface area contributed by atoms with Crippen LogP contribution >= 0.6 is 11.6 Å². The first-order valence-corrected chi connectivity index (χ1v) is 12.6. The summed E-state index contributed by atoms with van der Waals surface area (Å²) in [6.07, 6.45) is 0.138. The molecule has 0 aliphatic heterocycles. The van der Waals surface area contributed by atoms with Crippen molar-refractivity contribution in [1.82, 2.24) is 15.5 Å². The van der Waals surface area contributed by atoms with Crippen LogP contribution in [0.25, 0.3) is 11.1 Å². The Balaban J connectivity index is 1.37. The number of carbonyl (C=O) groups excluding carboxylic acids is 1. The van der Waals surface area contributed by atoms with Crippen LogP contribution in [0.15, 0.2) is 75.7 Å². The molecule has 6 nitrogen and oxygen atoms in total. The van der Waals surface area contributed by atoms with Crippen LogP contribution in [-0.2, 0) is 11.2 Å². The largest absolute Gasteiger partial charge is 0.457 e. The zero-order chi connectivity index (χ0) is 26.1. The van der Waals surface area contributed by atoms with E-state index in [2.05, 4.69) is 47.5 Å². The van der Waals surface area contributed by atoms with E-state index >= 15 is 0 Å². The van der Waals surface area contributed by atoms with E-state index in [4.69, 9.17) is 20.5 Å². The average Bonchev–Trinajstić information content (AvgIpc) is 3.45. The van der Waals surface area contributed by atoms with E-state index < -0.39 is 5.38 Å². The minimum Gasteiger partial charge on any atom is -0.457 e. The van der Waals surface area contributed by atoms with E-state index in [9.17, 15) is 4.79 Å². The van der Waals surface area contributed by atoms with Crippen LogP contribution in [-0.4, -0.2) is 16.0 Å². The molecule has 0 fully saturated rings. The highest BCUT2D eigenvalue weighted by Crippen LogP contribution is 2.36. The van der Waals surface area contributed by atoms with Gasteiger partial charge in [0.1, 0.15) is 22.4 Å². The lowest BCUT2D eigenvalue weighted by Gasteiger charge is -2.22. The van der Waals surface area contributed by atoms with Gasteiger partial charge in [-0.3, -0.25) is 4.79 Å². The summed E-state index contributed by atoms with van der Waals surface area (Å²) >= 11 is 6.69. The van der Waals surface area contributed by atoms with Crippen LogP contribution in [0.5, 0.6) is 0 Å². The van der Waals surface area contributed by atoms with Crippen LogP contribution in [0.1, 0.15) is 62.1 Å². The van der Waals surface area contributed by atoms with E-state index in [1.165, 1.54) is 5.56 Å². The molecule has 2 unspecified atom stereocenters. The summed E-state index contributed by atoms with van der Waals surface area (Å²) in [5.74, 6) is 1.09. The highest BCUT2D eigenvalue weighted by Gasteiger charge is 2.24. The van der Waals surface area contributed by atoms with Gasteiger partial charge >= 0.3 is 0 Å². The van der Waals surface area contributed by atoms with Gasteiger partial charge in [-0.15, -0.1) is 11.6 Å². The van der Waals surface area contributed by atoms with Gasteiger partial charge in [-0.1, -0.05) is 59.3 Å². The second kappa shape index (κ2) is 10.2. The van der Waals surface area contributed by atoms with Gasteiger partial charge in [0.2, 0.25) is 5.91 Å². The molecule has 188 valence electrons. The highest BCUT2D eigenvalue weighted by atomic mass is 35.5. The van der Waals surface area contributed by atoms with Gasteiger partial charge in [0.25, 0.3) is 0 Å². The first-order valence-electron chi connectivity index (χ1n) is 12.2. The minimum atomic E-state index is -0.545. The van der Waals surface area contributed by atoms with Crippen molar-refractivity contribution in [1.29, 1.82) is 0 Å². The highest BCUT2D eigenvalue weighted by molar-refractivity contribution is 6.22. The summed E-state index contributed by atoms with van der Waals surface area (Å²) in [7, 11) is 0. The number of rotatable bonds is 7. The Hall–Kier alpha value is -3.90. The first-order chi connectivity index (χ1) is 17.8. The molecule has 0 saturated heterocycles. The molecule has 0 bridgehead atoms. The van der Waals surface area contributed by atoms with Crippen molar-refractivity contribution >= 4 is 28.6 Å². The number of amides is 1. The summed E-state index contributed by atoms with van der Waals surface area (Å²) < 4.78 is 11.2. The quantitative estimate of drug-likeness (QED) is 0.241. The van der Waals surface area contributed by atoms with Crippen LogP contribution < -0.4 is 5.32 Å². The first kappa shape index (κ1) is 24.8. The number of pyridine rings is 1. The van der Waals surface area contributed by atoms with Gasteiger partial charge in [-0.25, -0.2) is 4.98 Å². The Morgan fingerprint density at radius 2 is 1.78 bits per heavy atom. The summed E-state index contributed by atoms with van der Waals surface area (Å²) in [5, 5.41) is 6.65. The number of halogens is 1. The molecule has 5 rings (SSSR count). The Kier molecular flexibility index (Phi) is 6.85. The number of aromatic nitrogens is 2. The van der Waals surface area contributed by atoms with Crippen molar-refractivity contribution in [2.24, 2.45) is 0 Å². The van der Waals surface area contributed by atoms with Gasteiger partial charge in [-0.05, 0) is 56.5 Å². The minimum absolute atomic E-state index is 0.115. The Morgan fingerprint density at radius 1 is 1.00 bits per heavy atom. The molecular formula is C30H28ClN3O3. The van der Waals surface area contributed by atoms with Gasteiger partial charge in [0.15, 0.2) is 5.58 Å². The van der Waals surface area contributed by atoms with E-state index in [-0.39, 0.29) is 18.4 Å². The van der Waals surface area contributed by atoms with Gasteiger partial charge in [-0.2, -0.15) is 0 Å². The number of hydrogen-bond donors (Lipinski definition) is 1.